The van der Waals surface area contributed by atoms with Crippen LogP contribution in [0.5, 0.6) is 0 Å². The fourth-order valence-corrected chi connectivity index (χ4v) is 2.71. The molecule has 0 spiro atoms. The predicted octanol–water partition coefficient (Wildman–Crippen LogP) is 2.05. The van der Waals surface area contributed by atoms with Gasteiger partial charge in [0.15, 0.2) is 4.67 Å². The van der Waals surface area contributed by atoms with Gasteiger partial charge in [-0.25, -0.2) is 0 Å². The molecule has 2 N–H and O–H groups in total. The van der Waals surface area contributed by atoms with E-state index < -0.39 is 0 Å². The van der Waals surface area contributed by atoms with Crippen molar-refractivity contribution in [2.75, 3.05) is 39.8 Å². The molecule has 2 heterocycles. The number of halogens is 2. The molecule has 4 nitrogen and oxygen atoms in total. The van der Waals surface area contributed by atoms with Gasteiger partial charge in [-0.3, -0.25) is 4.90 Å². The Morgan fingerprint density at radius 2 is 2.00 bits per heavy atom. The van der Waals surface area contributed by atoms with Gasteiger partial charge in [-0.15, -0.1) is 0 Å². The van der Waals surface area contributed by atoms with Crippen molar-refractivity contribution in [3.05, 3.63) is 21.0 Å². The first kappa shape index (κ1) is 13.5. The summed E-state index contributed by atoms with van der Waals surface area (Å²) in [5.41, 5.74) is 5.88. The molecule has 1 aliphatic rings. The van der Waals surface area contributed by atoms with Crippen LogP contribution < -0.4 is 5.73 Å². The second-order valence-electron chi connectivity index (χ2n) is 4.36. The Hall–Kier alpha value is 0.120. The molecule has 0 aromatic carbocycles. The SMILES string of the molecule is CN1CCN(C(CN)c2cc(Br)c(Br)o2)CC1. The zero-order valence-electron chi connectivity index (χ0n) is 9.83. The largest absolute Gasteiger partial charge is 0.451 e. The van der Waals surface area contributed by atoms with Crippen molar-refractivity contribution >= 4 is 31.9 Å². The van der Waals surface area contributed by atoms with Gasteiger partial charge in [0, 0.05) is 32.7 Å². The zero-order chi connectivity index (χ0) is 12.4. The Bertz CT molecular complexity index is 355. The molecule has 1 aromatic rings. The summed E-state index contributed by atoms with van der Waals surface area (Å²) >= 11 is 6.80. The molecule has 1 aliphatic heterocycles. The lowest BCUT2D eigenvalue weighted by molar-refractivity contribution is 0.103. The third kappa shape index (κ3) is 3.12. The van der Waals surface area contributed by atoms with E-state index in [9.17, 15) is 0 Å². The van der Waals surface area contributed by atoms with Gasteiger partial charge in [0.1, 0.15) is 5.76 Å². The summed E-state index contributed by atoms with van der Waals surface area (Å²) in [7, 11) is 2.15. The molecule has 1 saturated heterocycles. The summed E-state index contributed by atoms with van der Waals surface area (Å²) < 4.78 is 7.36. The molecular formula is C11H17Br2N3O. The van der Waals surface area contributed by atoms with Crippen molar-refractivity contribution in [2.24, 2.45) is 5.73 Å². The minimum Gasteiger partial charge on any atom is -0.451 e. The summed E-state index contributed by atoms with van der Waals surface area (Å²) in [4.78, 5) is 4.72. The summed E-state index contributed by atoms with van der Waals surface area (Å²) in [6.07, 6.45) is 0. The lowest BCUT2D eigenvalue weighted by Crippen LogP contribution is -2.47. The molecule has 2 rings (SSSR count). The fraction of sp³-hybridized carbons (Fsp3) is 0.636. The van der Waals surface area contributed by atoms with Gasteiger partial charge in [0.2, 0.25) is 0 Å². The van der Waals surface area contributed by atoms with Crippen molar-refractivity contribution in [1.82, 2.24) is 9.80 Å². The molecule has 1 atom stereocenters. The van der Waals surface area contributed by atoms with E-state index in [0.29, 0.717) is 6.54 Å². The van der Waals surface area contributed by atoms with Crippen LogP contribution in [0.15, 0.2) is 19.6 Å². The Morgan fingerprint density at radius 3 is 2.47 bits per heavy atom. The molecule has 0 radical (unpaired) electrons. The average molecular weight is 367 g/mol. The Kier molecular flexibility index (Phi) is 4.65. The summed E-state index contributed by atoms with van der Waals surface area (Å²) in [6, 6.07) is 2.17. The standard InChI is InChI=1S/C11H17Br2N3O/c1-15-2-4-16(5-3-15)9(7-14)10-6-8(12)11(13)17-10/h6,9H,2-5,7,14H2,1H3. The minimum absolute atomic E-state index is 0.172. The first-order valence-electron chi connectivity index (χ1n) is 5.69. The van der Waals surface area contributed by atoms with E-state index in [0.717, 1.165) is 41.1 Å². The molecule has 0 aliphatic carbocycles. The second-order valence-corrected chi connectivity index (χ2v) is 5.94. The summed E-state index contributed by atoms with van der Waals surface area (Å²) in [6.45, 7) is 4.82. The zero-order valence-corrected chi connectivity index (χ0v) is 13.0. The number of rotatable bonds is 3. The molecule has 0 bridgehead atoms. The van der Waals surface area contributed by atoms with Crippen LogP contribution in [0.3, 0.4) is 0 Å². The average Bonchev–Trinajstić information content (AvgIpc) is 2.63. The van der Waals surface area contributed by atoms with E-state index in [-0.39, 0.29) is 6.04 Å². The summed E-state index contributed by atoms with van der Waals surface area (Å²) in [5.74, 6) is 0.927. The number of furan rings is 1. The van der Waals surface area contributed by atoms with Gasteiger partial charge in [-0.2, -0.15) is 0 Å². The van der Waals surface area contributed by atoms with Gasteiger partial charge in [0.25, 0.3) is 0 Å². The Balaban J connectivity index is 2.10. The van der Waals surface area contributed by atoms with Gasteiger partial charge >= 0.3 is 0 Å². The Morgan fingerprint density at radius 1 is 1.35 bits per heavy atom. The van der Waals surface area contributed by atoms with Crippen LogP contribution in [0.25, 0.3) is 0 Å². The molecule has 1 unspecified atom stereocenters. The van der Waals surface area contributed by atoms with Gasteiger partial charge in [-0.1, -0.05) is 0 Å². The van der Waals surface area contributed by atoms with E-state index in [4.69, 9.17) is 10.2 Å². The van der Waals surface area contributed by atoms with Crippen LogP contribution in [-0.4, -0.2) is 49.6 Å². The highest BCUT2D eigenvalue weighted by molar-refractivity contribution is 9.13. The maximum Gasteiger partial charge on any atom is 0.183 e. The van der Waals surface area contributed by atoms with E-state index in [2.05, 4.69) is 48.7 Å². The van der Waals surface area contributed by atoms with Crippen molar-refractivity contribution < 1.29 is 4.42 Å². The molecular weight excluding hydrogens is 350 g/mol. The number of piperazine rings is 1. The van der Waals surface area contributed by atoms with Crippen molar-refractivity contribution in [1.29, 1.82) is 0 Å². The molecule has 17 heavy (non-hydrogen) atoms. The molecule has 0 amide bonds. The number of nitrogens with two attached hydrogens (primary N) is 1. The highest BCUT2D eigenvalue weighted by Gasteiger charge is 2.25. The number of likely N-dealkylation sites (N-methyl/N-ethyl adjacent to an activating group) is 1. The van der Waals surface area contributed by atoms with Gasteiger partial charge < -0.3 is 15.1 Å². The van der Waals surface area contributed by atoms with Crippen LogP contribution in [0.2, 0.25) is 0 Å². The van der Waals surface area contributed by atoms with Crippen LogP contribution in [0.1, 0.15) is 11.8 Å². The maximum absolute atomic E-state index is 5.88. The molecule has 6 heteroatoms. The normalized spacial score (nSPS) is 20.7. The lowest BCUT2D eigenvalue weighted by Gasteiger charge is -2.36. The Labute approximate surface area is 118 Å². The molecule has 1 aromatic heterocycles. The number of nitrogens with zero attached hydrogens (tertiary/aromatic N) is 2. The van der Waals surface area contributed by atoms with E-state index in [1.807, 2.05) is 6.07 Å². The first-order chi connectivity index (χ1) is 8.11. The molecule has 0 saturated carbocycles. The monoisotopic (exact) mass is 365 g/mol. The third-order valence-corrected chi connectivity index (χ3v) is 4.90. The maximum atomic E-state index is 5.88. The van der Waals surface area contributed by atoms with E-state index >= 15 is 0 Å². The van der Waals surface area contributed by atoms with Crippen LogP contribution >= 0.6 is 31.9 Å². The third-order valence-electron chi connectivity index (χ3n) is 3.19. The summed E-state index contributed by atoms with van der Waals surface area (Å²) in [5, 5.41) is 0. The fourth-order valence-electron chi connectivity index (χ4n) is 2.11. The van der Waals surface area contributed by atoms with Crippen LogP contribution in [0, 0.1) is 0 Å². The quantitative estimate of drug-likeness (QED) is 0.889. The number of hydrogen-bond acceptors (Lipinski definition) is 4. The lowest BCUT2D eigenvalue weighted by atomic mass is 10.1. The molecule has 96 valence electrons. The predicted molar refractivity (Wildman–Crippen MR) is 75.0 cm³/mol. The van der Waals surface area contributed by atoms with Crippen LogP contribution in [-0.2, 0) is 0 Å². The number of hydrogen-bond donors (Lipinski definition) is 1. The minimum atomic E-state index is 0.172. The topological polar surface area (TPSA) is 45.6 Å². The van der Waals surface area contributed by atoms with Crippen molar-refractivity contribution in [3.63, 3.8) is 0 Å². The van der Waals surface area contributed by atoms with Gasteiger partial charge in [0.05, 0.1) is 10.5 Å². The highest BCUT2D eigenvalue weighted by atomic mass is 79.9. The van der Waals surface area contributed by atoms with Crippen molar-refractivity contribution in [3.8, 4) is 0 Å². The first-order valence-corrected chi connectivity index (χ1v) is 7.28. The molecule has 1 fully saturated rings. The van der Waals surface area contributed by atoms with Crippen molar-refractivity contribution in [2.45, 2.75) is 6.04 Å². The van der Waals surface area contributed by atoms with Gasteiger partial charge in [-0.05, 0) is 45.0 Å². The second kappa shape index (κ2) is 5.84. The highest BCUT2D eigenvalue weighted by Crippen LogP contribution is 2.32. The van der Waals surface area contributed by atoms with E-state index in [1.54, 1.807) is 0 Å². The van der Waals surface area contributed by atoms with E-state index in [1.165, 1.54) is 0 Å². The smallest absolute Gasteiger partial charge is 0.183 e. The van der Waals surface area contributed by atoms with Crippen LogP contribution in [0.4, 0.5) is 0 Å².